The first-order valence-electron chi connectivity index (χ1n) is 6.90. The van der Waals surface area contributed by atoms with Crippen molar-refractivity contribution in [3.05, 3.63) is 91.3 Å². The van der Waals surface area contributed by atoms with Crippen molar-refractivity contribution in [3.63, 3.8) is 0 Å². The number of hydrogen-bond acceptors (Lipinski definition) is 0. The van der Waals surface area contributed by atoms with E-state index in [1.54, 1.807) is 0 Å². The minimum Gasteiger partial charge on any atom is -0.358 e. The molecule has 0 saturated carbocycles. The van der Waals surface area contributed by atoms with Crippen LogP contribution < -0.4 is 0 Å². The zero-order valence-electron chi connectivity index (χ0n) is 13.2. The molecule has 3 aromatic rings. The first kappa shape index (κ1) is 18.2. The van der Waals surface area contributed by atoms with Crippen LogP contribution in [0, 0.1) is 27.3 Å². The largest absolute Gasteiger partial charge is 2.00 e. The van der Waals surface area contributed by atoms with Crippen LogP contribution in [-0.2, 0) is 17.1 Å². The maximum Gasteiger partial charge on any atom is 2.00 e. The van der Waals surface area contributed by atoms with E-state index in [2.05, 4.69) is 86.6 Å². The standard InChI is InChI=1S/C20H17.CH3.Cu/c1-15-8-3-5-12-19(15)17-10-7-11-18(14-17)20-13-6-4-9-16(20)2;;/h3-13H,1-2H3;1H3;/q2*-1;+2. The van der Waals surface area contributed by atoms with Crippen molar-refractivity contribution in [2.45, 2.75) is 13.8 Å². The number of hydrogen-bond donors (Lipinski definition) is 0. The van der Waals surface area contributed by atoms with Gasteiger partial charge in [0.05, 0.1) is 0 Å². The normalized spacial score (nSPS) is 9.55. The molecule has 3 rings (SSSR count). The van der Waals surface area contributed by atoms with E-state index in [4.69, 9.17) is 0 Å². The Morgan fingerprint density at radius 3 is 1.41 bits per heavy atom. The summed E-state index contributed by atoms with van der Waals surface area (Å²) < 4.78 is 0. The molecule has 0 amide bonds. The van der Waals surface area contributed by atoms with E-state index in [1.165, 1.54) is 22.3 Å². The van der Waals surface area contributed by atoms with Crippen LogP contribution in [0.1, 0.15) is 11.1 Å². The molecule has 1 heteroatoms. The summed E-state index contributed by atoms with van der Waals surface area (Å²) in [6.07, 6.45) is 0. The third-order valence-electron chi connectivity index (χ3n) is 3.67. The fourth-order valence-corrected chi connectivity index (χ4v) is 2.53. The van der Waals surface area contributed by atoms with Gasteiger partial charge in [-0.3, -0.25) is 0 Å². The Morgan fingerprint density at radius 2 is 1.00 bits per heavy atom. The molecule has 0 aliphatic carbocycles. The summed E-state index contributed by atoms with van der Waals surface area (Å²) >= 11 is 0. The zero-order valence-corrected chi connectivity index (χ0v) is 14.1. The third kappa shape index (κ3) is 3.68. The maximum atomic E-state index is 3.56. The molecule has 0 heterocycles. The van der Waals surface area contributed by atoms with Crippen LogP contribution in [0.4, 0.5) is 0 Å². The van der Waals surface area contributed by atoms with Crippen molar-refractivity contribution in [2.75, 3.05) is 0 Å². The Hall–Kier alpha value is -1.82. The van der Waals surface area contributed by atoms with Gasteiger partial charge in [0.25, 0.3) is 0 Å². The van der Waals surface area contributed by atoms with Gasteiger partial charge in [0.2, 0.25) is 0 Å². The minimum atomic E-state index is 0. The fourth-order valence-electron chi connectivity index (χ4n) is 2.53. The summed E-state index contributed by atoms with van der Waals surface area (Å²) in [4.78, 5) is 0. The molecule has 0 fully saturated rings. The molecule has 0 spiro atoms. The quantitative estimate of drug-likeness (QED) is 0.405. The predicted octanol–water partition coefficient (Wildman–Crippen LogP) is 5.89. The number of rotatable bonds is 2. The van der Waals surface area contributed by atoms with Crippen LogP contribution in [0.25, 0.3) is 22.3 Å². The summed E-state index contributed by atoms with van der Waals surface area (Å²) in [7, 11) is 0. The second kappa shape index (κ2) is 7.98. The zero-order chi connectivity index (χ0) is 13.9. The van der Waals surface area contributed by atoms with Gasteiger partial charge in [-0.25, -0.2) is 0 Å². The van der Waals surface area contributed by atoms with E-state index < -0.39 is 0 Å². The Kier molecular flexibility index (Phi) is 6.61. The van der Waals surface area contributed by atoms with Gasteiger partial charge >= 0.3 is 17.1 Å². The van der Waals surface area contributed by atoms with E-state index in [0.29, 0.717) is 0 Å². The first-order valence-corrected chi connectivity index (χ1v) is 6.90. The molecule has 0 aliphatic heterocycles. The minimum absolute atomic E-state index is 0. The average Bonchev–Trinajstić information content (AvgIpc) is 2.48. The average molecular weight is 336 g/mol. The van der Waals surface area contributed by atoms with Crippen molar-refractivity contribution in [1.82, 2.24) is 0 Å². The summed E-state index contributed by atoms with van der Waals surface area (Å²) in [5, 5.41) is 0. The van der Waals surface area contributed by atoms with Crippen LogP contribution in [-0.4, -0.2) is 0 Å². The van der Waals surface area contributed by atoms with Gasteiger partial charge in [0, 0.05) is 0 Å². The Balaban J connectivity index is 0.00000121. The van der Waals surface area contributed by atoms with Crippen molar-refractivity contribution in [3.8, 4) is 22.3 Å². The summed E-state index contributed by atoms with van der Waals surface area (Å²) in [6, 6.07) is 26.8. The van der Waals surface area contributed by atoms with Gasteiger partial charge in [0.15, 0.2) is 0 Å². The molecule has 0 aromatic heterocycles. The molecule has 22 heavy (non-hydrogen) atoms. The van der Waals surface area contributed by atoms with E-state index >= 15 is 0 Å². The van der Waals surface area contributed by atoms with Crippen LogP contribution >= 0.6 is 0 Å². The molecule has 0 unspecified atom stereocenters. The van der Waals surface area contributed by atoms with Crippen LogP contribution in [0.5, 0.6) is 0 Å². The van der Waals surface area contributed by atoms with Gasteiger partial charge in [-0.2, -0.15) is 0 Å². The van der Waals surface area contributed by atoms with E-state index in [1.807, 2.05) is 0 Å². The molecular weight excluding hydrogens is 316 g/mol. The number of benzene rings is 3. The van der Waals surface area contributed by atoms with Crippen molar-refractivity contribution in [1.29, 1.82) is 0 Å². The monoisotopic (exact) mass is 335 g/mol. The van der Waals surface area contributed by atoms with Crippen LogP contribution in [0.15, 0.2) is 66.7 Å². The predicted molar refractivity (Wildman–Crippen MR) is 92.0 cm³/mol. The maximum absolute atomic E-state index is 3.56. The summed E-state index contributed by atoms with van der Waals surface area (Å²) in [5.74, 6) is 0. The topological polar surface area (TPSA) is 0 Å². The molecule has 3 aromatic carbocycles. The van der Waals surface area contributed by atoms with Gasteiger partial charge < -0.3 is 7.43 Å². The van der Waals surface area contributed by atoms with Gasteiger partial charge in [-0.15, -0.1) is 35.4 Å². The first-order chi connectivity index (χ1) is 9.75. The molecule has 0 bridgehead atoms. The smallest absolute Gasteiger partial charge is 0.358 e. The van der Waals surface area contributed by atoms with Crippen LogP contribution in [0.3, 0.4) is 0 Å². The molecular formula is C21H20Cu. The molecule has 0 atom stereocenters. The fraction of sp³-hybridized carbons (Fsp3) is 0.0952. The summed E-state index contributed by atoms with van der Waals surface area (Å²) in [5.41, 5.74) is 7.38. The molecule has 1 radical (unpaired) electrons. The Morgan fingerprint density at radius 1 is 0.591 bits per heavy atom. The molecule has 0 N–H and O–H groups in total. The molecule has 0 nitrogen and oxygen atoms in total. The van der Waals surface area contributed by atoms with E-state index in [9.17, 15) is 0 Å². The van der Waals surface area contributed by atoms with Crippen LogP contribution in [0.2, 0.25) is 0 Å². The third-order valence-corrected chi connectivity index (χ3v) is 3.67. The second-order valence-electron chi connectivity index (χ2n) is 5.11. The molecule has 115 valence electrons. The van der Waals surface area contributed by atoms with E-state index in [0.717, 1.165) is 11.1 Å². The van der Waals surface area contributed by atoms with Gasteiger partial charge in [-0.05, 0) is 13.8 Å². The van der Waals surface area contributed by atoms with E-state index in [-0.39, 0.29) is 24.5 Å². The molecule has 0 aliphatic rings. The summed E-state index contributed by atoms with van der Waals surface area (Å²) in [6.45, 7) is 4.28. The Labute approximate surface area is 144 Å². The van der Waals surface area contributed by atoms with Crippen molar-refractivity contribution < 1.29 is 17.1 Å². The van der Waals surface area contributed by atoms with Crippen molar-refractivity contribution in [2.24, 2.45) is 0 Å². The van der Waals surface area contributed by atoms with Gasteiger partial charge in [0.1, 0.15) is 0 Å². The van der Waals surface area contributed by atoms with Gasteiger partial charge in [-0.1, -0.05) is 70.8 Å². The SMILES string of the molecule is Cc1ccccc1-c1[c-]c(-c2ccccc2C)ccc1.[CH3-].[Cu+2]. The Bertz CT molecular complexity index is 683. The molecule has 0 saturated heterocycles. The van der Waals surface area contributed by atoms with Crippen molar-refractivity contribution >= 4 is 0 Å². The second-order valence-corrected chi connectivity index (χ2v) is 5.11. The number of aryl methyl sites for hydroxylation is 2.